The van der Waals surface area contributed by atoms with Crippen molar-refractivity contribution in [3.8, 4) is 0 Å². The molecule has 0 bridgehead atoms. The Morgan fingerprint density at radius 3 is 2.69 bits per heavy atom. The van der Waals surface area contributed by atoms with Gasteiger partial charge >= 0.3 is 0 Å². The summed E-state index contributed by atoms with van der Waals surface area (Å²) in [5, 5.41) is 3.18. The highest BCUT2D eigenvalue weighted by atomic mass is 19.3. The van der Waals surface area contributed by atoms with Gasteiger partial charge in [0, 0.05) is 24.1 Å². The number of halogens is 2. The van der Waals surface area contributed by atoms with Crippen molar-refractivity contribution in [1.29, 1.82) is 0 Å². The van der Waals surface area contributed by atoms with Crippen LogP contribution in [0.1, 0.15) is 46.5 Å². The highest BCUT2D eigenvalue weighted by molar-refractivity contribution is 6.02. The summed E-state index contributed by atoms with van der Waals surface area (Å²) in [6.45, 7) is 4.89. The van der Waals surface area contributed by atoms with E-state index in [0.29, 0.717) is 5.56 Å². The van der Waals surface area contributed by atoms with Crippen molar-refractivity contribution in [3.05, 3.63) is 76.4 Å². The Morgan fingerprint density at radius 2 is 2.00 bits per heavy atom. The molecule has 2 atom stereocenters. The molecule has 26 heavy (non-hydrogen) atoms. The number of rotatable bonds is 6. The number of hydrogen-bond acceptors (Lipinski definition) is 2. The van der Waals surface area contributed by atoms with Gasteiger partial charge < -0.3 is 5.32 Å². The largest absolute Gasteiger partial charge is 0.301 e. The first-order valence-electron chi connectivity index (χ1n) is 8.80. The van der Waals surface area contributed by atoms with Crippen LogP contribution in [0.5, 0.6) is 0 Å². The van der Waals surface area contributed by atoms with E-state index in [2.05, 4.69) is 36.5 Å². The molecule has 1 fully saturated rings. The molecular formula is C22H23F2NO. The molecule has 0 amide bonds. The van der Waals surface area contributed by atoms with E-state index in [-0.39, 0.29) is 23.4 Å². The third-order valence-corrected chi connectivity index (χ3v) is 4.77. The number of allylic oxidation sites excluding steroid dienone is 1. The molecule has 1 aliphatic rings. The van der Waals surface area contributed by atoms with Crippen LogP contribution in [0, 0.1) is 6.92 Å². The number of carbonyl (C=O) groups is 1. The van der Waals surface area contributed by atoms with Crippen molar-refractivity contribution in [2.24, 2.45) is 0 Å². The predicted octanol–water partition coefficient (Wildman–Crippen LogP) is 4.91. The fraction of sp³-hybridized carbons (Fsp3) is 0.318. The number of hydrogen-bond donors (Lipinski definition) is 1. The van der Waals surface area contributed by atoms with E-state index < -0.39 is 5.92 Å². The smallest absolute Gasteiger partial charge is 0.270 e. The first-order chi connectivity index (χ1) is 12.3. The lowest BCUT2D eigenvalue weighted by Crippen LogP contribution is -2.14. The second-order valence-electron chi connectivity index (χ2n) is 6.98. The molecule has 1 saturated heterocycles. The zero-order chi connectivity index (χ0) is 18.9. The highest BCUT2D eigenvalue weighted by Gasteiger charge is 2.42. The number of ketones is 1. The average Bonchev–Trinajstić information content (AvgIpc) is 3.36. The molecule has 2 aromatic rings. The molecule has 0 spiro atoms. The summed E-state index contributed by atoms with van der Waals surface area (Å²) in [5.74, 6) is -3.07. The van der Waals surface area contributed by atoms with Crippen molar-refractivity contribution in [1.82, 2.24) is 5.32 Å². The van der Waals surface area contributed by atoms with Gasteiger partial charge in [0.1, 0.15) is 0 Å². The van der Waals surface area contributed by atoms with Gasteiger partial charge in [-0.05, 0) is 43.0 Å². The summed E-state index contributed by atoms with van der Waals surface area (Å²) in [4.78, 5) is 12.6. The fourth-order valence-corrected chi connectivity index (χ4v) is 3.17. The van der Waals surface area contributed by atoms with Gasteiger partial charge in [0.2, 0.25) is 0 Å². The van der Waals surface area contributed by atoms with Gasteiger partial charge in [0.25, 0.3) is 5.92 Å². The highest BCUT2D eigenvalue weighted by Crippen LogP contribution is 2.29. The van der Waals surface area contributed by atoms with Gasteiger partial charge in [-0.25, -0.2) is 8.78 Å². The van der Waals surface area contributed by atoms with Crippen LogP contribution < -0.4 is 5.32 Å². The van der Waals surface area contributed by atoms with E-state index in [1.54, 1.807) is 6.07 Å². The van der Waals surface area contributed by atoms with Crippen LogP contribution in [-0.2, 0) is 12.3 Å². The summed E-state index contributed by atoms with van der Waals surface area (Å²) in [6, 6.07) is 11.8. The van der Waals surface area contributed by atoms with Crippen LogP contribution >= 0.6 is 0 Å². The Morgan fingerprint density at radius 1 is 1.23 bits per heavy atom. The number of Topliss-reactive ketones (excluding diaryl/α,β-unsaturated/α-hetero) is 1. The molecule has 1 N–H and O–H groups in total. The van der Waals surface area contributed by atoms with Crippen LogP contribution in [0.2, 0.25) is 0 Å². The molecule has 0 aliphatic carbocycles. The molecule has 2 aromatic carbocycles. The lowest BCUT2D eigenvalue weighted by Gasteiger charge is -2.11. The lowest BCUT2D eigenvalue weighted by molar-refractivity contribution is 0.0174. The minimum Gasteiger partial charge on any atom is -0.301 e. The number of benzene rings is 2. The van der Waals surface area contributed by atoms with Gasteiger partial charge in [-0.3, -0.25) is 4.79 Å². The molecule has 0 radical (unpaired) electrons. The molecule has 136 valence electrons. The zero-order valence-electron chi connectivity index (χ0n) is 15.2. The van der Waals surface area contributed by atoms with Gasteiger partial charge in [-0.1, -0.05) is 48.6 Å². The Bertz CT molecular complexity index is 851. The fourth-order valence-electron chi connectivity index (χ4n) is 3.17. The van der Waals surface area contributed by atoms with Crippen molar-refractivity contribution in [2.75, 3.05) is 0 Å². The minimum absolute atomic E-state index is 0.0504. The van der Waals surface area contributed by atoms with Crippen LogP contribution in [0.4, 0.5) is 8.78 Å². The summed E-state index contributed by atoms with van der Waals surface area (Å²) in [5.41, 5.74) is 3.75. The monoisotopic (exact) mass is 355 g/mol. The number of alkyl halides is 2. The van der Waals surface area contributed by atoms with E-state index in [1.165, 1.54) is 29.3 Å². The van der Waals surface area contributed by atoms with Crippen LogP contribution in [-0.4, -0.2) is 17.9 Å². The van der Waals surface area contributed by atoms with E-state index in [9.17, 15) is 13.6 Å². The molecule has 1 aliphatic heterocycles. The molecule has 1 heterocycles. The molecule has 2 unspecified atom stereocenters. The van der Waals surface area contributed by atoms with Crippen molar-refractivity contribution < 1.29 is 13.6 Å². The standard InChI is InChI=1S/C22H23F2NO/c1-4-6-16-11-15(10-9-14(16)2)12-19-20(25-19)21(26)17-7-5-8-18(13-17)22(3,23)24/h4-11,13,19-20,25H,12H2,1-3H3/b6-4+. The predicted molar refractivity (Wildman–Crippen MR) is 101 cm³/mol. The Kier molecular flexibility index (Phi) is 5.05. The van der Waals surface area contributed by atoms with Crippen molar-refractivity contribution in [3.63, 3.8) is 0 Å². The number of nitrogens with one attached hydrogen (secondary N) is 1. The Labute approximate surface area is 152 Å². The number of aryl methyl sites for hydroxylation is 1. The van der Waals surface area contributed by atoms with Crippen LogP contribution in [0.3, 0.4) is 0 Å². The van der Waals surface area contributed by atoms with Crippen molar-refractivity contribution in [2.45, 2.75) is 45.2 Å². The van der Waals surface area contributed by atoms with E-state index >= 15 is 0 Å². The molecular weight excluding hydrogens is 332 g/mol. The maximum atomic E-state index is 13.5. The first kappa shape index (κ1) is 18.5. The van der Waals surface area contributed by atoms with E-state index in [0.717, 1.165) is 18.9 Å². The summed E-state index contributed by atoms with van der Waals surface area (Å²) < 4.78 is 27.0. The molecule has 4 heteroatoms. The zero-order valence-corrected chi connectivity index (χ0v) is 15.2. The Hall–Kier alpha value is -2.33. The SMILES string of the molecule is C/C=C/c1cc(CC2NC2C(=O)c2cccc(C(C)(F)F)c2)ccc1C. The van der Waals surface area contributed by atoms with Gasteiger partial charge in [0.05, 0.1) is 6.04 Å². The Balaban J connectivity index is 1.69. The van der Waals surface area contributed by atoms with E-state index in [4.69, 9.17) is 0 Å². The van der Waals surface area contributed by atoms with Gasteiger partial charge in [-0.15, -0.1) is 0 Å². The minimum atomic E-state index is -2.95. The lowest BCUT2D eigenvalue weighted by atomic mass is 9.98. The molecule has 0 aromatic heterocycles. The quantitative estimate of drug-likeness (QED) is 0.591. The second-order valence-corrected chi connectivity index (χ2v) is 6.98. The third kappa shape index (κ3) is 4.07. The summed E-state index contributed by atoms with van der Waals surface area (Å²) >= 11 is 0. The first-order valence-corrected chi connectivity index (χ1v) is 8.80. The summed E-state index contributed by atoms with van der Waals surface area (Å²) in [7, 11) is 0. The topological polar surface area (TPSA) is 39.0 Å². The maximum Gasteiger partial charge on any atom is 0.270 e. The van der Waals surface area contributed by atoms with Gasteiger partial charge in [-0.2, -0.15) is 0 Å². The molecule has 2 nitrogen and oxygen atoms in total. The molecule has 3 rings (SSSR count). The van der Waals surface area contributed by atoms with Gasteiger partial charge in [0.15, 0.2) is 5.78 Å². The second kappa shape index (κ2) is 7.12. The molecule has 0 saturated carbocycles. The average molecular weight is 355 g/mol. The van der Waals surface area contributed by atoms with E-state index in [1.807, 2.05) is 13.0 Å². The number of carbonyl (C=O) groups excluding carboxylic acids is 1. The maximum absolute atomic E-state index is 13.5. The summed E-state index contributed by atoms with van der Waals surface area (Å²) in [6.07, 6.45) is 4.81. The van der Waals surface area contributed by atoms with Crippen LogP contribution in [0.15, 0.2) is 48.5 Å². The van der Waals surface area contributed by atoms with Crippen molar-refractivity contribution >= 4 is 11.9 Å². The third-order valence-electron chi connectivity index (χ3n) is 4.77. The van der Waals surface area contributed by atoms with Crippen LogP contribution in [0.25, 0.3) is 6.08 Å². The normalized spacial score (nSPS) is 19.7.